The Labute approximate surface area is 114 Å². The summed E-state index contributed by atoms with van der Waals surface area (Å²) >= 11 is 0. The van der Waals surface area contributed by atoms with E-state index < -0.39 is 25.2 Å². The zero-order valence-corrected chi connectivity index (χ0v) is 11.2. The van der Waals surface area contributed by atoms with E-state index in [9.17, 15) is 18.0 Å². The first-order valence-corrected chi connectivity index (χ1v) is 5.85. The number of halogens is 3. The summed E-state index contributed by atoms with van der Waals surface area (Å²) in [6, 6.07) is 2.65. The monoisotopic (exact) mass is 291 g/mol. The van der Waals surface area contributed by atoms with Crippen LogP contribution in [0.4, 0.5) is 18.9 Å². The van der Waals surface area contributed by atoms with Crippen LogP contribution < -0.4 is 4.90 Å². The maximum atomic E-state index is 12.5. The van der Waals surface area contributed by atoms with Crippen molar-refractivity contribution in [3.8, 4) is 0 Å². The van der Waals surface area contributed by atoms with Crippen LogP contribution in [0.15, 0.2) is 18.3 Å². The van der Waals surface area contributed by atoms with Crippen LogP contribution >= 0.6 is 0 Å². The van der Waals surface area contributed by atoms with Crippen LogP contribution in [-0.2, 0) is 0 Å². The predicted octanol–water partition coefficient (Wildman–Crippen LogP) is 1.14. The maximum absolute atomic E-state index is 12.5. The van der Waals surface area contributed by atoms with E-state index >= 15 is 0 Å². The average molecular weight is 291 g/mol. The van der Waals surface area contributed by atoms with E-state index in [0.29, 0.717) is 0 Å². The summed E-state index contributed by atoms with van der Waals surface area (Å²) in [4.78, 5) is 17.8. The molecule has 0 aliphatic heterocycles. The molecule has 0 aromatic carbocycles. The van der Waals surface area contributed by atoms with Crippen molar-refractivity contribution in [2.24, 2.45) is 0 Å². The third-order valence-electron chi connectivity index (χ3n) is 2.47. The van der Waals surface area contributed by atoms with Crippen molar-refractivity contribution in [2.45, 2.75) is 6.18 Å². The summed E-state index contributed by atoms with van der Waals surface area (Å²) in [7, 11) is 3.05. The van der Waals surface area contributed by atoms with Crippen molar-refractivity contribution in [1.29, 1.82) is 0 Å². The lowest BCUT2D eigenvalue weighted by Gasteiger charge is -2.25. The Morgan fingerprint density at radius 3 is 2.55 bits per heavy atom. The maximum Gasteiger partial charge on any atom is 0.405 e. The normalized spacial score (nSPS) is 11.3. The fraction of sp³-hybridized carbons (Fsp3) is 0.500. The molecule has 0 saturated carbocycles. The van der Waals surface area contributed by atoms with Gasteiger partial charge in [0, 0.05) is 32.5 Å². The van der Waals surface area contributed by atoms with Crippen LogP contribution in [0.2, 0.25) is 0 Å². The third kappa shape index (κ3) is 4.69. The molecular formula is C12H16F3N3O2. The summed E-state index contributed by atoms with van der Waals surface area (Å²) in [5.74, 6) is -0.400. The van der Waals surface area contributed by atoms with Crippen LogP contribution in [0.1, 0.15) is 10.5 Å². The lowest BCUT2D eigenvalue weighted by molar-refractivity contribution is -0.119. The molecular weight excluding hydrogens is 275 g/mol. The first kappa shape index (κ1) is 16.2. The molecule has 20 heavy (non-hydrogen) atoms. The Hall–Kier alpha value is -1.83. The molecule has 1 heterocycles. The number of aromatic nitrogens is 1. The zero-order chi connectivity index (χ0) is 15.3. The number of rotatable bonds is 5. The van der Waals surface area contributed by atoms with E-state index in [2.05, 4.69) is 4.98 Å². The predicted molar refractivity (Wildman–Crippen MR) is 67.6 cm³/mol. The standard InChI is InChI=1S/C12H16F3N3O2/c1-17(2)11(20)10-7-9(3-4-16-10)18(5-6-19)8-12(13,14)15/h3-4,7,19H,5-6,8H2,1-2H3. The number of hydrogen-bond donors (Lipinski definition) is 1. The minimum atomic E-state index is -4.40. The smallest absolute Gasteiger partial charge is 0.395 e. The number of carbonyl (C=O) groups is 1. The molecule has 0 aliphatic rings. The minimum Gasteiger partial charge on any atom is -0.395 e. The molecule has 0 spiro atoms. The highest BCUT2D eigenvalue weighted by molar-refractivity contribution is 5.92. The number of aliphatic hydroxyl groups is 1. The summed E-state index contributed by atoms with van der Waals surface area (Å²) in [6.45, 7) is -1.80. The summed E-state index contributed by atoms with van der Waals surface area (Å²) in [6.07, 6.45) is -3.13. The van der Waals surface area contributed by atoms with Crippen LogP contribution in [0.25, 0.3) is 0 Å². The number of alkyl halides is 3. The Morgan fingerprint density at radius 2 is 2.05 bits per heavy atom. The molecule has 1 aromatic rings. The van der Waals surface area contributed by atoms with Crippen molar-refractivity contribution in [1.82, 2.24) is 9.88 Å². The second-order valence-electron chi connectivity index (χ2n) is 4.36. The van der Waals surface area contributed by atoms with Crippen molar-refractivity contribution in [3.63, 3.8) is 0 Å². The van der Waals surface area contributed by atoms with E-state index in [4.69, 9.17) is 5.11 Å². The molecule has 0 radical (unpaired) electrons. The number of hydrogen-bond acceptors (Lipinski definition) is 4. The van der Waals surface area contributed by atoms with Gasteiger partial charge in [-0.2, -0.15) is 13.2 Å². The average Bonchev–Trinajstić information content (AvgIpc) is 2.36. The van der Waals surface area contributed by atoms with Gasteiger partial charge in [-0.3, -0.25) is 9.78 Å². The molecule has 8 heteroatoms. The molecule has 0 unspecified atom stereocenters. The number of pyridine rings is 1. The van der Waals surface area contributed by atoms with Gasteiger partial charge in [0.25, 0.3) is 5.91 Å². The number of nitrogens with zero attached hydrogens (tertiary/aromatic N) is 3. The highest BCUT2D eigenvalue weighted by Crippen LogP contribution is 2.22. The molecule has 1 aromatic heterocycles. The minimum absolute atomic E-state index is 0.0533. The molecule has 1 N–H and O–H groups in total. The molecule has 0 atom stereocenters. The van der Waals surface area contributed by atoms with Crippen LogP contribution in [0.5, 0.6) is 0 Å². The highest BCUT2D eigenvalue weighted by Gasteiger charge is 2.31. The second-order valence-corrected chi connectivity index (χ2v) is 4.36. The number of aliphatic hydroxyl groups excluding tert-OH is 1. The quantitative estimate of drug-likeness (QED) is 0.884. The van der Waals surface area contributed by atoms with E-state index in [0.717, 1.165) is 4.90 Å². The van der Waals surface area contributed by atoms with Gasteiger partial charge in [0.2, 0.25) is 0 Å². The Morgan fingerprint density at radius 1 is 1.40 bits per heavy atom. The van der Waals surface area contributed by atoms with E-state index in [1.807, 2.05) is 0 Å². The van der Waals surface area contributed by atoms with E-state index in [1.54, 1.807) is 0 Å². The number of carbonyl (C=O) groups excluding carboxylic acids is 1. The van der Waals surface area contributed by atoms with E-state index in [-0.39, 0.29) is 17.9 Å². The van der Waals surface area contributed by atoms with Gasteiger partial charge >= 0.3 is 6.18 Å². The van der Waals surface area contributed by atoms with Crippen LogP contribution in [0.3, 0.4) is 0 Å². The summed E-state index contributed by atoms with van der Waals surface area (Å²) in [5.41, 5.74) is 0.245. The molecule has 0 fully saturated rings. The highest BCUT2D eigenvalue weighted by atomic mass is 19.4. The molecule has 1 amide bonds. The van der Waals surface area contributed by atoms with Crippen LogP contribution in [-0.4, -0.2) is 60.9 Å². The van der Waals surface area contributed by atoms with E-state index in [1.165, 1.54) is 37.3 Å². The third-order valence-corrected chi connectivity index (χ3v) is 2.47. The number of anilines is 1. The van der Waals surface area contributed by atoms with Crippen molar-refractivity contribution in [3.05, 3.63) is 24.0 Å². The topological polar surface area (TPSA) is 56.7 Å². The Balaban J connectivity index is 3.02. The fourth-order valence-electron chi connectivity index (χ4n) is 1.60. The van der Waals surface area contributed by atoms with Gasteiger partial charge in [-0.05, 0) is 12.1 Å². The largest absolute Gasteiger partial charge is 0.405 e. The van der Waals surface area contributed by atoms with Crippen molar-refractivity contribution in [2.75, 3.05) is 38.7 Å². The zero-order valence-electron chi connectivity index (χ0n) is 11.2. The molecule has 0 bridgehead atoms. The number of amides is 1. The molecule has 1 rings (SSSR count). The lowest BCUT2D eigenvalue weighted by Crippen LogP contribution is -2.36. The first-order chi connectivity index (χ1) is 9.24. The van der Waals surface area contributed by atoms with Gasteiger partial charge in [-0.15, -0.1) is 0 Å². The van der Waals surface area contributed by atoms with Gasteiger partial charge < -0.3 is 14.9 Å². The SMILES string of the molecule is CN(C)C(=O)c1cc(N(CCO)CC(F)(F)F)ccn1. The molecule has 0 aliphatic carbocycles. The Kier molecular flexibility index (Phi) is 5.32. The Bertz CT molecular complexity index is 464. The molecule has 0 saturated heterocycles. The van der Waals surface area contributed by atoms with Gasteiger partial charge in [0.1, 0.15) is 12.2 Å². The van der Waals surface area contributed by atoms with Gasteiger partial charge in [0.15, 0.2) is 0 Å². The summed E-state index contributed by atoms with van der Waals surface area (Å²) in [5, 5.41) is 8.86. The second kappa shape index (κ2) is 6.56. The van der Waals surface area contributed by atoms with Gasteiger partial charge in [-0.25, -0.2) is 0 Å². The fourth-order valence-corrected chi connectivity index (χ4v) is 1.60. The van der Waals surface area contributed by atoms with Crippen molar-refractivity contribution >= 4 is 11.6 Å². The van der Waals surface area contributed by atoms with Crippen molar-refractivity contribution < 1.29 is 23.1 Å². The van der Waals surface area contributed by atoms with Gasteiger partial charge in [0.05, 0.1) is 6.61 Å². The first-order valence-electron chi connectivity index (χ1n) is 5.85. The van der Waals surface area contributed by atoms with Crippen LogP contribution in [0, 0.1) is 0 Å². The lowest BCUT2D eigenvalue weighted by atomic mass is 10.2. The summed E-state index contributed by atoms with van der Waals surface area (Å²) < 4.78 is 37.5. The molecule has 112 valence electrons. The van der Waals surface area contributed by atoms with Gasteiger partial charge in [-0.1, -0.05) is 0 Å². The molecule has 5 nitrogen and oxygen atoms in total.